The highest BCUT2D eigenvalue weighted by Gasteiger charge is 2.08. The molecule has 0 aliphatic carbocycles. The number of thiazole rings is 1. The van der Waals surface area contributed by atoms with Crippen LogP contribution >= 0.6 is 11.3 Å². The van der Waals surface area contributed by atoms with Gasteiger partial charge in [0.15, 0.2) is 0 Å². The minimum Gasteiger partial charge on any atom is -0.493 e. The summed E-state index contributed by atoms with van der Waals surface area (Å²) >= 11 is 1.19. The molecule has 0 unspecified atom stereocenters. The van der Waals surface area contributed by atoms with Crippen molar-refractivity contribution >= 4 is 17.3 Å². The van der Waals surface area contributed by atoms with E-state index in [2.05, 4.69) is 11.9 Å². The number of aromatic nitrogens is 1. The Morgan fingerprint density at radius 1 is 1.37 bits per heavy atom. The van der Waals surface area contributed by atoms with Crippen LogP contribution in [0.5, 0.6) is 5.75 Å². The third-order valence-electron chi connectivity index (χ3n) is 2.83. The fourth-order valence-corrected chi connectivity index (χ4v) is 2.32. The molecule has 0 fully saturated rings. The predicted molar refractivity (Wildman–Crippen MR) is 74.2 cm³/mol. The topological polar surface area (TPSA) is 59.4 Å². The summed E-state index contributed by atoms with van der Waals surface area (Å²) in [4.78, 5) is 15.0. The Morgan fingerprint density at radius 3 is 2.79 bits per heavy atom. The number of aryl methyl sites for hydroxylation is 2. The molecule has 5 heteroatoms. The zero-order valence-electron chi connectivity index (χ0n) is 10.8. The van der Waals surface area contributed by atoms with Crippen LogP contribution in [0.25, 0.3) is 0 Å². The van der Waals surface area contributed by atoms with Gasteiger partial charge in [0.2, 0.25) is 0 Å². The highest BCUT2D eigenvalue weighted by molar-refractivity contribution is 7.13. The number of hydrogen-bond acceptors (Lipinski definition) is 4. The molecule has 4 nitrogen and oxygen atoms in total. The number of hydrogen-bond donors (Lipinski definition) is 1. The lowest BCUT2D eigenvalue weighted by Gasteiger charge is -2.07. The fourth-order valence-electron chi connectivity index (χ4n) is 1.58. The van der Waals surface area contributed by atoms with Gasteiger partial charge >= 0.3 is 5.97 Å². The van der Waals surface area contributed by atoms with Gasteiger partial charge in [-0.3, -0.25) is 0 Å². The minimum atomic E-state index is -0.932. The Bertz CT molecular complexity index is 592. The molecule has 0 saturated carbocycles. The van der Waals surface area contributed by atoms with Crippen LogP contribution in [0.3, 0.4) is 0 Å². The zero-order valence-corrected chi connectivity index (χ0v) is 11.7. The van der Waals surface area contributed by atoms with Crippen molar-refractivity contribution in [2.75, 3.05) is 6.61 Å². The van der Waals surface area contributed by atoms with Crippen molar-refractivity contribution in [1.29, 1.82) is 0 Å². The van der Waals surface area contributed by atoms with E-state index < -0.39 is 5.97 Å². The maximum absolute atomic E-state index is 10.7. The summed E-state index contributed by atoms with van der Waals surface area (Å²) in [6, 6.07) is 5.96. The monoisotopic (exact) mass is 277 g/mol. The molecule has 1 N–H and O–H groups in total. The highest BCUT2D eigenvalue weighted by Crippen LogP contribution is 2.17. The summed E-state index contributed by atoms with van der Waals surface area (Å²) in [5.41, 5.74) is 2.43. The standard InChI is InChI=1S/C14H15NO3S/c1-9-3-4-11(7-10(9)2)18-6-5-13-15-8-12(19-13)14(16)17/h3-4,7-8H,5-6H2,1-2H3,(H,16,17). The van der Waals surface area contributed by atoms with Crippen LogP contribution in [0.1, 0.15) is 25.8 Å². The number of carboxylic acids is 1. The molecule has 0 saturated heterocycles. The van der Waals surface area contributed by atoms with Crippen molar-refractivity contribution in [2.24, 2.45) is 0 Å². The van der Waals surface area contributed by atoms with Crippen molar-refractivity contribution in [3.63, 3.8) is 0 Å². The molecular formula is C14H15NO3S. The second kappa shape index (κ2) is 5.84. The Balaban J connectivity index is 1.88. The van der Waals surface area contributed by atoms with Gasteiger partial charge in [-0.2, -0.15) is 0 Å². The predicted octanol–water partition coefficient (Wildman–Crippen LogP) is 3.08. The van der Waals surface area contributed by atoms with E-state index in [1.54, 1.807) is 0 Å². The van der Waals surface area contributed by atoms with Gasteiger partial charge in [-0.15, -0.1) is 11.3 Å². The van der Waals surface area contributed by atoms with E-state index in [-0.39, 0.29) is 4.88 Å². The van der Waals surface area contributed by atoms with E-state index in [1.165, 1.54) is 28.7 Å². The SMILES string of the molecule is Cc1ccc(OCCc2ncc(C(=O)O)s2)cc1C. The molecule has 0 aliphatic rings. The molecule has 1 heterocycles. The van der Waals surface area contributed by atoms with Crippen molar-refractivity contribution in [1.82, 2.24) is 4.98 Å². The number of nitrogens with zero attached hydrogens (tertiary/aromatic N) is 1. The molecule has 2 aromatic rings. The quantitative estimate of drug-likeness (QED) is 0.912. The van der Waals surface area contributed by atoms with Crippen molar-refractivity contribution in [3.05, 3.63) is 45.4 Å². The van der Waals surface area contributed by atoms with E-state index in [9.17, 15) is 4.79 Å². The summed E-state index contributed by atoms with van der Waals surface area (Å²) in [5, 5.41) is 9.58. The lowest BCUT2D eigenvalue weighted by atomic mass is 10.1. The molecule has 0 aliphatic heterocycles. The molecular weight excluding hydrogens is 262 g/mol. The van der Waals surface area contributed by atoms with Crippen LogP contribution in [0.4, 0.5) is 0 Å². The maximum Gasteiger partial charge on any atom is 0.347 e. The number of ether oxygens (including phenoxy) is 1. The van der Waals surface area contributed by atoms with E-state index in [1.807, 2.05) is 25.1 Å². The summed E-state index contributed by atoms with van der Waals surface area (Å²) in [7, 11) is 0. The molecule has 1 aromatic carbocycles. The fraction of sp³-hybridized carbons (Fsp3) is 0.286. The van der Waals surface area contributed by atoms with Crippen LogP contribution in [-0.4, -0.2) is 22.7 Å². The molecule has 0 atom stereocenters. The van der Waals surface area contributed by atoms with Crippen molar-refractivity contribution in [2.45, 2.75) is 20.3 Å². The Labute approximate surface area is 115 Å². The van der Waals surface area contributed by atoms with Gasteiger partial charge in [0, 0.05) is 6.42 Å². The first-order valence-electron chi connectivity index (χ1n) is 5.94. The lowest BCUT2D eigenvalue weighted by Crippen LogP contribution is -2.01. The first-order valence-corrected chi connectivity index (χ1v) is 6.76. The first kappa shape index (κ1) is 13.5. The van der Waals surface area contributed by atoms with E-state index >= 15 is 0 Å². The average Bonchev–Trinajstić information content (AvgIpc) is 2.83. The normalized spacial score (nSPS) is 10.4. The van der Waals surface area contributed by atoms with Crippen LogP contribution in [-0.2, 0) is 6.42 Å². The second-order valence-electron chi connectivity index (χ2n) is 4.27. The summed E-state index contributed by atoms with van der Waals surface area (Å²) in [6.45, 7) is 4.60. The Hall–Kier alpha value is -1.88. The van der Waals surface area contributed by atoms with Crippen LogP contribution in [0, 0.1) is 13.8 Å². The van der Waals surface area contributed by atoms with Gasteiger partial charge in [0.05, 0.1) is 17.8 Å². The molecule has 0 amide bonds. The third-order valence-corrected chi connectivity index (χ3v) is 3.87. The molecule has 0 radical (unpaired) electrons. The summed E-state index contributed by atoms with van der Waals surface area (Å²) in [6.07, 6.45) is 2.00. The average molecular weight is 277 g/mol. The molecule has 0 bridgehead atoms. The third kappa shape index (κ3) is 3.54. The number of aromatic carboxylic acids is 1. The molecule has 1 aromatic heterocycles. The summed E-state index contributed by atoms with van der Waals surface area (Å²) < 4.78 is 5.63. The minimum absolute atomic E-state index is 0.265. The van der Waals surface area contributed by atoms with Crippen molar-refractivity contribution < 1.29 is 14.6 Å². The van der Waals surface area contributed by atoms with Gasteiger partial charge in [0.25, 0.3) is 0 Å². The van der Waals surface area contributed by atoms with Gasteiger partial charge in [-0.1, -0.05) is 6.07 Å². The highest BCUT2D eigenvalue weighted by atomic mass is 32.1. The van der Waals surface area contributed by atoms with Gasteiger partial charge < -0.3 is 9.84 Å². The van der Waals surface area contributed by atoms with Gasteiger partial charge in [0.1, 0.15) is 10.6 Å². The maximum atomic E-state index is 10.7. The second-order valence-corrected chi connectivity index (χ2v) is 5.38. The van der Waals surface area contributed by atoms with Crippen LogP contribution in [0.15, 0.2) is 24.4 Å². The largest absolute Gasteiger partial charge is 0.493 e. The molecule has 0 spiro atoms. The molecule has 19 heavy (non-hydrogen) atoms. The summed E-state index contributed by atoms with van der Waals surface area (Å²) in [5.74, 6) is -0.100. The lowest BCUT2D eigenvalue weighted by molar-refractivity contribution is 0.0702. The number of benzene rings is 1. The van der Waals surface area contributed by atoms with Gasteiger partial charge in [-0.25, -0.2) is 9.78 Å². The number of rotatable bonds is 5. The Kier molecular flexibility index (Phi) is 4.16. The van der Waals surface area contributed by atoms with E-state index in [0.717, 1.165) is 10.8 Å². The molecule has 2 rings (SSSR count). The smallest absolute Gasteiger partial charge is 0.347 e. The van der Waals surface area contributed by atoms with E-state index in [0.29, 0.717) is 13.0 Å². The first-order chi connectivity index (χ1) is 9.06. The van der Waals surface area contributed by atoms with Gasteiger partial charge in [-0.05, 0) is 37.1 Å². The van der Waals surface area contributed by atoms with E-state index in [4.69, 9.17) is 9.84 Å². The van der Waals surface area contributed by atoms with Crippen molar-refractivity contribution in [3.8, 4) is 5.75 Å². The number of carboxylic acid groups (broad SMARTS) is 1. The van der Waals surface area contributed by atoms with Crippen LogP contribution < -0.4 is 4.74 Å². The Morgan fingerprint density at radius 2 is 2.16 bits per heavy atom. The number of carbonyl (C=O) groups is 1. The zero-order chi connectivity index (χ0) is 13.8. The molecule has 100 valence electrons. The van der Waals surface area contributed by atoms with Crippen LogP contribution in [0.2, 0.25) is 0 Å².